The average molecular weight is 419 g/mol. The number of hydrogen-bond acceptors (Lipinski definition) is 5. The molecule has 0 aliphatic carbocycles. The molecule has 1 aromatic heterocycles. The van der Waals surface area contributed by atoms with Gasteiger partial charge < -0.3 is 9.47 Å². The Bertz CT molecular complexity index is 865. The molecule has 3 rings (SSSR count). The summed E-state index contributed by atoms with van der Waals surface area (Å²) >= 11 is 4.81. The van der Waals surface area contributed by atoms with E-state index in [-0.39, 0.29) is 12.5 Å². The second-order valence-corrected chi connectivity index (χ2v) is 6.83. The number of halogens is 1. The lowest BCUT2D eigenvalue weighted by atomic mass is 10.2. The van der Waals surface area contributed by atoms with Crippen LogP contribution in [0.1, 0.15) is 0 Å². The average Bonchev–Trinajstić information content (AvgIpc) is 3.09. The summed E-state index contributed by atoms with van der Waals surface area (Å²) in [4.78, 5) is 16.4. The number of rotatable bonds is 6. The number of nitrogens with one attached hydrogen (secondary N) is 1. The third kappa shape index (κ3) is 4.80. The second-order valence-electron chi connectivity index (χ2n) is 5.06. The van der Waals surface area contributed by atoms with E-state index in [0.717, 1.165) is 21.5 Å². The van der Waals surface area contributed by atoms with Crippen molar-refractivity contribution in [2.24, 2.45) is 0 Å². The van der Waals surface area contributed by atoms with Crippen molar-refractivity contribution in [1.29, 1.82) is 0 Å². The Morgan fingerprint density at radius 3 is 2.68 bits per heavy atom. The molecule has 0 saturated heterocycles. The molecule has 3 aromatic rings. The standard InChI is InChI=1S/C18H15BrN2O3S/c1-23-14-5-7-15(8-6-14)24-10-17(22)21-18-20-16(11-25-18)12-3-2-4-13(19)9-12/h2-9,11H,10H2,1H3,(H,20,21,22). The number of carbonyl (C=O) groups excluding carboxylic acids is 1. The molecule has 25 heavy (non-hydrogen) atoms. The van der Waals surface area contributed by atoms with Gasteiger partial charge in [-0.1, -0.05) is 28.1 Å². The van der Waals surface area contributed by atoms with Gasteiger partial charge in [0.15, 0.2) is 11.7 Å². The van der Waals surface area contributed by atoms with Gasteiger partial charge in [-0.05, 0) is 36.4 Å². The number of thiazole rings is 1. The number of amides is 1. The summed E-state index contributed by atoms with van der Waals surface area (Å²) in [5.74, 6) is 1.08. The van der Waals surface area contributed by atoms with Crippen LogP contribution < -0.4 is 14.8 Å². The first-order valence-electron chi connectivity index (χ1n) is 7.42. The smallest absolute Gasteiger partial charge is 0.264 e. The number of ether oxygens (including phenoxy) is 2. The Hall–Kier alpha value is -2.38. The summed E-state index contributed by atoms with van der Waals surface area (Å²) in [6.07, 6.45) is 0. The summed E-state index contributed by atoms with van der Waals surface area (Å²) in [6.45, 7) is -0.0852. The molecule has 0 spiro atoms. The number of aromatic nitrogens is 1. The van der Waals surface area contributed by atoms with Crippen molar-refractivity contribution in [2.75, 3.05) is 19.0 Å². The Labute approximate surface area is 157 Å². The van der Waals surface area contributed by atoms with Crippen LogP contribution >= 0.6 is 27.3 Å². The van der Waals surface area contributed by atoms with E-state index in [1.165, 1.54) is 11.3 Å². The largest absolute Gasteiger partial charge is 0.497 e. The molecule has 0 unspecified atom stereocenters. The second kappa shape index (κ2) is 8.13. The number of anilines is 1. The number of benzene rings is 2. The number of carbonyl (C=O) groups is 1. The molecule has 128 valence electrons. The normalized spacial score (nSPS) is 10.3. The van der Waals surface area contributed by atoms with E-state index in [2.05, 4.69) is 26.2 Å². The Morgan fingerprint density at radius 1 is 1.20 bits per heavy atom. The molecule has 5 nitrogen and oxygen atoms in total. The van der Waals surface area contributed by atoms with Gasteiger partial charge in [-0.25, -0.2) is 4.98 Å². The molecule has 1 N–H and O–H groups in total. The van der Waals surface area contributed by atoms with Crippen molar-refractivity contribution >= 4 is 38.3 Å². The van der Waals surface area contributed by atoms with Crippen LogP contribution in [-0.4, -0.2) is 24.6 Å². The van der Waals surface area contributed by atoms with E-state index in [0.29, 0.717) is 10.9 Å². The fourth-order valence-corrected chi connectivity index (χ4v) is 3.22. The minimum absolute atomic E-state index is 0.0852. The molecule has 2 aromatic carbocycles. The van der Waals surface area contributed by atoms with Gasteiger partial charge in [-0.15, -0.1) is 11.3 Å². The van der Waals surface area contributed by atoms with Crippen molar-refractivity contribution < 1.29 is 14.3 Å². The summed E-state index contributed by atoms with van der Waals surface area (Å²) in [5, 5.41) is 5.19. The molecule has 1 amide bonds. The molecular weight excluding hydrogens is 404 g/mol. The maximum absolute atomic E-state index is 12.0. The molecule has 7 heteroatoms. The molecule has 0 aliphatic rings. The van der Waals surface area contributed by atoms with Gasteiger partial charge in [0.25, 0.3) is 5.91 Å². The zero-order valence-corrected chi connectivity index (χ0v) is 15.8. The van der Waals surface area contributed by atoms with Crippen molar-refractivity contribution in [3.8, 4) is 22.8 Å². The molecule has 0 saturated carbocycles. The van der Waals surface area contributed by atoms with E-state index < -0.39 is 0 Å². The first kappa shape index (κ1) is 17.4. The molecule has 0 radical (unpaired) electrons. The highest BCUT2D eigenvalue weighted by Crippen LogP contribution is 2.26. The zero-order valence-electron chi connectivity index (χ0n) is 13.4. The first-order chi connectivity index (χ1) is 12.1. The SMILES string of the molecule is COc1ccc(OCC(=O)Nc2nc(-c3cccc(Br)c3)cs2)cc1. The van der Waals surface area contributed by atoms with Gasteiger partial charge >= 0.3 is 0 Å². The highest BCUT2D eigenvalue weighted by atomic mass is 79.9. The van der Waals surface area contributed by atoms with E-state index in [1.54, 1.807) is 31.4 Å². The van der Waals surface area contributed by atoms with Crippen LogP contribution in [0.5, 0.6) is 11.5 Å². The molecule has 1 heterocycles. The number of hydrogen-bond donors (Lipinski definition) is 1. The monoisotopic (exact) mass is 418 g/mol. The predicted octanol–water partition coefficient (Wildman–Crippen LogP) is 4.60. The van der Waals surface area contributed by atoms with Gasteiger partial charge in [0.2, 0.25) is 0 Å². The Morgan fingerprint density at radius 2 is 1.96 bits per heavy atom. The lowest BCUT2D eigenvalue weighted by Gasteiger charge is -2.06. The highest BCUT2D eigenvalue weighted by Gasteiger charge is 2.09. The van der Waals surface area contributed by atoms with Gasteiger partial charge in [0, 0.05) is 15.4 Å². The maximum Gasteiger partial charge on any atom is 0.264 e. The topological polar surface area (TPSA) is 60.5 Å². The summed E-state index contributed by atoms with van der Waals surface area (Å²) in [5.41, 5.74) is 1.80. The van der Waals surface area contributed by atoms with Gasteiger partial charge in [-0.2, -0.15) is 0 Å². The van der Waals surface area contributed by atoms with Crippen molar-refractivity contribution in [3.05, 3.63) is 58.4 Å². The third-order valence-corrected chi connectivity index (χ3v) is 4.55. The van der Waals surface area contributed by atoms with E-state index in [4.69, 9.17) is 9.47 Å². The van der Waals surface area contributed by atoms with Crippen molar-refractivity contribution in [1.82, 2.24) is 4.98 Å². The minimum atomic E-state index is -0.258. The lowest BCUT2D eigenvalue weighted by Crippen LogP contribution is -2.20. The lowest BCUT2D eigenvalue weighted by molar-refractivity contribution is -0.118. The van der Waals surface area contributed by atoms with Crippen LogP contribution in [0.4, 0.5) is 5.13 Å². The van der Waals surface area contributed by atoms with Crippen molar-refractivity contribution in [3.63, 3.8) is 0 Å². The van der Waals surface area contributed by atoms with E-state index in [1.807, 2.05) is 29.6 Å². The summed E-state index contributed by atoms with van der Waals surface area (Å²) in [7, 11) is 1.60. The Balaban J connectivity index is 1.56. The van der Waals surface area contributed by atoms with Crippen LogP contribution in [0.25, 0.3) is 11.3 Å². The summed E-state index contributed by atoms with van der Waals surface area (Å²) < 4.78 is 11.5. The fraction of sp³-hybridized carbons (Fsp3) is 0.111. The quantitative estimate of drug-likeness (QED) is 0.635. The predicted molar refractivity (Wildman–Crippen MR) is 102 cm³/mol. The van der Waals surface area contributed by atoms with Gasteiger partial charge in [0.1, 0.15) is 11.5 Å². The van der Waals surface area contributed by atoms with Gasteiger partial charge in [-0.3, -0.25) is 10.1 Å². The van der Waals surface area contributed by atoms with E-state index >= 15 is 0 Å². The van der Waals surface area contributed by atoms with E-state index in [9.17, 15) is 4.79 Å². The van der Waals surface area contributed by atoms with Crippen LogP contribution in [0, 0.1) is 0 Å². The van der Waals surface area contributed by atoms with Crippen LogP contribution in [0.2, 0.25) is 0 Å². The van der Waals surface area contributed by atoms with Gasteiger partial charge in [0.05, 0.1) is 12.8 Å². The molecular formula is C18H15BrN2O3S. The van der Waals surface area contributed by atoms with Crippen LogP contribution in [0.3, 0.4) is 0 Å². The summed E-state index contributed by atoms with van der Waals surface area (Å²) in [6, 6.07) is 14.9. The third-order valence-electron chi connectivity index (χ3n) is 3.30. The van der Waals surface area contributed by atoms with Crippen LogP contribution in [-0.2, 0) is 4.79 Å². The molecule has 0 bridgehead atoms. The maximum atomic E-state index is 12.0. The molecule has 0 fully saturated rings. The zero-order chi connectivity index (χ0) is 17.6. The molecule has 0 atom stereocenters. The first-order valence-corrected chi connectivity index (χ1v) is 9.09. The fourth-order valence-electron chi connectivity index (χ4n) is 2.09. The van der Waals surface area contributed by atoms with Crippen molar-refractivity contribution in [2.45, 2.75) is 0 Å². The number of nitrogens with zero attached hydrogens (tertiary/aromatic N) is 1. The number of methoxy groups -OCH3 is 1. The molecule has 0 aliphatic heterocycles. The minimum Gasteiger partial charge on any atom is -0.497 e. The highest BCUT2D eigenvalue weighted by molar-refractivity contribution is 9.10. The Kier molecular flexibility index (Phi) is 5.67. The van der Waals surface area contributed by atoms with Crippen LogP contribution in [0.15, 0.2) is 58.4 Å².